The highest BCUT2D eigenvalue weighted by molar-refractivity contribution is 5.79. The zero-order valence-corrected chi connectivity index (χ0v) is 10.4. The Morgan fingerprint density at radius 1 is 1.29 bits per heavy atom. The number of aryl methyl sites for hydroxylation is 1. The van der Waals surface area contributed by atoms with Crippen LogP contribution in [0.15, 0.2) is 12.1 Å². The molecule has 0 saturated carbocycles. The standard InChI is InChI=1S/C12H18N2O3/c1-4-8-5-11(17-3)9(6-10(8)16-2)14-7-12(13)15/h5-6,14H,4,7H2,1-3H3,(H2,13,15). The molecule has 1 aromatic rings. The van der Waals surface area contributed by atoms with Crippen LogP contribution in [0.4, 0.5) is 5.69 Å². The van der Waals surface area contributed by atoms with Crippen LogP contribution in [0.25, 0.3) is 0 Å². The van der Waals surface area contributed by atoms with Gasteiger partial charge in [-0.2, -0.15) is 0 Å². The summed E-state index contributed by atoms with van der Waals surface area (Å²) < 4.78 is 10.5. The molecule has 0 aliphatic rings. The van der Waals surface area contributed by atoms with Crippen LogP contribution >= 0.6 is 0 Å². The van der Waals surface area contributed by atoms with Gasteiger partial charge in [0.25, 0.3) is 0 Å². The lowest BCUT2D eigenvalue weighted by Gasteiger charge is -2.14. The van der Waals surface area contributed by atoms with Gasteiger partial charge in [0, 0.05) is 6.07 Å². The van der Waals surface area contributed by atoms with Crippen molar-refractivity contribution in [2.45, 2.75) is 13.3 Å². The van der Waals surface area contributed by atoms with Crippen molar-refractivity contribution in [2.24, 2.45) is 5.73 Å². The average Bonchev–Trinajstić information content (AvgIpc) is 2.34. The topological polar surface area (TPSA) is 73.6 Å². The van der Waals surface area contributed by atoms with Gasteiger partial charge in [0.15, 0.2) is 0 Å². The van der Waals surface area contributed by atoms with E-state index in [1.807, 2.05) is 13.0 Å². The Morgan fingerprint density at radius 2 is 1.94 bits per heavy atom. The Morgan fingerprint density at radius 3 is 2.41 bits per heavy atom. The van der Waals surface area contributed by atoms with Crippen LogP contribution in [0.1, 0.15) is 12.5 Å². The minimum absolute atomic E-state index is 0.0605. The third-order valence-electron chi connectivity index (χ3n) is 2.44. The first kappa shape index (κ1) is 13.2. The predicted molar refractivity (Wildman–Crippen MR) is 66.6 cm³/mol. The molecule has 0 aromatic heterocycles. The Kier molecular flexibility index (Phi) is 4.63. The maximum absolute atomic E-state index is 10.7. The van der Waals surface area contributed by atoms with E-state index in [1.165, 1.54) is 0 Å². The molecule has 0 unspecified atom stereocenters. The Labute approximate surface area is 101 Å². The highest BCUT2D eigenvalue weighted by atomic mass is 16.5. The summed E-state index contributed by atoms with van der Waals surface area (Å²) in [6.45, 7) is 2.10. The van der Waals surface area contributed by atoms with Gasteiger partial charge in [-0.15, -0.1) is 0 Å². The van der Waals surface area contributed by atoms with E-state index in [-0.39, 0.29) is 6.54 Å². The highest BCUT2D eigenvalue weighted by Gasteiger charge is 2.10. The maximum Gasteiger partial charge on any atom is 0.236 e. The number of benzene rings is 1. The molecule has 0 spiro atoms. The Balaban J connectivity index is 3.05. The number of carbonyl (C=O) groups excluding carboxylic acids is 1. The van der Waals surface area contributed by atoms with Crippen LogP contribution < -0.4 is 20.5 Å². The Bertz CT molecular complexity index is 405. The largest absolute Gasteiger partial charge is 0.496 e. The van der Waals surface area contributed by atoms with Crippen LogP contribution in [0.3, 0.4) is 0 Å². The Hall–Kier alpha value is -1.91. The van der Waals surface area contributed by atoms with E-state index >= 15 is 0 Å². The van der Waals surface area contributed by atoms with E-state index in [0.29, 0.717) is 11.4 Å². The third kappa shape index (κ3) is 3.27. The number of anilines is 1. The fourth-order valence-corrected chi connectivity index (χ4v) is 1.56. The number of nitrogens with two attached hydrogens (primary N) is 1. The molecule has 1 amide bonds. The molecule has 17 heavy (non-hydrogen) atoms. The van der Waals surface area contributed by atoms with Crippen LogP contribution in [-0.4, -0.2) is 26.7 Å². The van der Waals surface area contributed by atoms with Crippen LogP contribution in [0, 0.1) is 0 Å². The molecule has 0 aliphatic carbocycles. The number of carbonyl (C=O) groups is 1. The van der Waals surface area contributed by atoms with Gasteiger partial charge in [0.05, 0.1) is 26.5 Å². The molecule has 0 fully saturated rings. The molecule has 0 aliphatic heterocycles. The number of primary amides is 1. The van der Waals surface area contributed by atoms with E-state index < -0.39 is 5.91 Å². The second kappa shape index (κ2) is 5.98. The van der Waals surface area contributed by atoms with Gasteiger partial charge in [-0.1, -0.05) is 6.92 Å². The smallest absolute Gasteiger partial charge is 0.236 e. The van der Waals surface area contributed by atoms with Crippen LogP contribution in [-0.2, 0) is 11.2 Å². The van der Waals surface area contributed by atoms with Crippen LogP contribution in [0.5, 0.6) is 11.5 Å². The van der Waals surface area contributed by atoms with E-state index in [1.54, 1.807) is 20.3 Å². The molecule has 5 heteroatoms. The van der Waals surface area contributed by atoms with Crippen molar-refractivity contribution in [2.75, 3.05) is 26.1 Å². The minimum atomic E-state index is -0.425. The van der Waals surface area contributed by atoms with Gasteiger partial charge in [-0.25, -0.2) is 0 Å². The zero-order chi connectivity index (χ0) is 12.8. The van der Waals surface area contributed by atoms with Crippen molar-refractivity contribution in [1.82, 2.24) is 0 Å². The summed E-state index contributed by atoms with van der Waals surface area (Å²) in [4.78, 5) is 10.7. The summed E-state index contributed by atoms with van der Waals surface area (Å²) >= 11 is 0. The molecule has 0 atom stereocenters. The lowest BCUT2D eigenvalue weighted by Crippen LogP contribution is -2.22. The fourth-order valence-electron chi connectivity index (χ4n) is 1.56. The fraction of sp³-hybridized carbons (Fsp3) is 0.417. The molecule has 0 saturated heterocycles. The van der Waals surface area contributed by atoms with Gasteiger partial charge >= 0.3 is 0 Å². The lowest BCUT2D eigenvalue weighted by molar-refractivity contribution is -0.116. The summed E-state index contributed by atoms with van der Waals surface area (Å²) in [7, 11) is 3.19. The summed E-state index contributed by atoms with van der Waals surface area (Å²) in [5, 5.41) is 2.91. The summed E-state index contributed by atoms with van der Waals surface area (Å²) in [6.07, 6.45) is 0.843. The average molecular weight is 238 g/mol. The van der Waals surface area contributed by atoms with Gasteiger partial charge in [-0.05, 0) is 18.1 Å². The molecule has 94 valence electrons. The van der Waals surface area contributed by atoms with Gasteiger partial charge < -0.3 is 20.5 Å². The molecule has 1 rings (SSSR count). The van der Waals surface area contributed by atoms with E-state index in [4.69, 9.17) is 15.2 Å². The SMILES string of the molecule is CCc1cc(OC)c(NCC(N)=O)cc1OC. The van der Waals surface area contributed by atoms with Gasteiger partial charge in [-0.3, -0.25) is 4.79 Å². The molecule has 0 heterocycles. The van der Waals surface area contributed by atoms with E-state index in [0.717, 1.165) is 17.7 Å². The van der Waals surface area contributed by atoms with Crippen molar-refractivity contribution >= 4 is 11.6 Å². The second-order valence-electron chi connectivity index (χ2n) is 3.54. The number of ether oxygens (including phenoxy) is 2. The molecule has 0 bridgehead atoms. The monoisotopic (exact) mass is 238 g/mol. The first-order valence-electron chi connectivity index (χ1n) is 5.39. The normalized spacial score (nSPS) is 9.82. The van der Waals surface area contributed by atoms with Crippen molar-refractivity contribution in [3.8, 4) is 11.5 Å². The van der Waals surface area contributed by atoms with Gasteiger partial charge in [0.2, 0.25) is 5.91 Å². The number of rotatable bonds is 6. The summed E-state index contributed by atoms with van der Waals surface area (Å²) in [5.41, 5.74) is 6.83. The van der Waals surface area contributed by atoms with Crippen molar-refractivity contribution in [1.29, 1.82) is 0 Å². The summed E-state index contributed by atoms with van der Waals surface area (Å²) in [6, 6.07) is 3.70. The van der Waals surface area contributed by atoms with Crippen LogP contribution in [0.2, 0.25) is 0 Å². The first-order valence-corrected chi connectivity index (χ1v) is 5.39. The number of methoxy groups -OCH3 is 2. The number of nitrogens with one attached hydrogen (secondary N) is 1. The van der Waals surface area contributed by atoms with Crippen molar-refractivity contribution < 1.29 is 14.3 Å². The maximum atomic E-state index is 10.7. The molecule has 0 radical (unpaired) electrons. The van der Waals surface area contributed by atoms with Gasteiger partial charge in [0.1, 0.15) is 11.5 Å². The quantitative estimate of drug-likeness (QED) is 0.780. The zero-order valence-electron chi connectivity index (χ0n) is 10.4. The van der Waals surface area contributed by atoms with Crippen molar-refractivity contribution in [3.05, 3.63) is 17.7 Å². The molecular formula is C12H18N2O3. The number of hydrogen-bond donors (Lipinski definition) is 2. The second-order valence-corrected chi connectivity index (χ2v) is 3.54. The molecule has 3 N–H and O–H groups in total. The van der Waals surface area contributed by atoms with E-state index in [2.05, 4.69) is 5.32 Å². The number of amides is 1. The third-order valence-corrected chi connectivity index (χ3v) is 2.44. The van der Waals surface area contributed by atoms with E-state index in [9.17, 15) is 4.79 Å². The minimum Gasteiger partial charge on any atom is -0.496 e. The molecular weight excluding hydrogens is 220 g/mol. The first-order chi connectivity index (χ1) is 8.12. The summed E-state index contributed by atoms with van der Waals surface area (Å²) in [5.74, 6) is 1.01. The molecule has 1 aromatic carbocycles. The lowest BCUT2D eigenvalue weighted by atomic mass is 10.1. The van der Waals surface area contributed by atoms with Crippen molar-refractivity contribution in [3.63, 3.8) is 0 Å². The molecule has 5 nitrogen and oxygen atoms in total. The number of hydrogen-bond acceptors (Lipinski definition) is 4. The highest BCUT2D eigenvalue weighted by Crippen LogP contribution is 2.32. The predicted octanol–water partition coefficient (Wildman–Crippen LogP) is 1.16.